The Hall–Kier alpha value is -2.80. The number of benzene rings is 2. The average Bonchev–Trinajstić information content (AvgIpc) is 3.10. The molecule has 1 unspecified atom stereocenters. The van der Waals surface area contributed by atoms with Crippen LogP contribution in [0.4, 0.5) is 5.69 Å². The van der Waals surface area contributed by atoms with Gasteiger partial charge in [0, 0.05) is 6.21 Å². The lowest BCUT2D eigenvalue weighted by Gasteiger charge is -2.17. The van der Waals surface area contributed by atoms with Crippen LogP contribution < -0.4 is 15.2 Å². The lowest BCUT2D eigenvalue weighted by molar-refractivity contribution is -0.139. The number of aliphatic carboxylic acids is 1. The van der Waals surface area contributed by atoms with Gasteiger partial charge in [0.25, 0.3) is 0 Å². The van der Waals surface area contributed by atoms with Gasteiger partial charge in [-0.1, -0.05) is 41.3 Å². The lowest BCUT2D eigenvalue weighted by Crippen LogP contribution is -2.25. The summed E-state index contributed by atoms with van der Waals surface area (Å²) in [6.45, 7) is -0.150. The number of hydrogen-bond donors (Lipinski definition) is 1. The molecule has 0 amide bonds. The molecule has 3 rings (SSSR count). The molecule has 0 fully saturated rings. The molecule has 6 nitrogen and oxygen atoms in total. The number of ether oxygens (including phenoxy) is 1. The Labute approximate surface area is 156 Å². The quantitative estimate of drug-likeness (QED) is 0.614. The van der Waals surface area contributed by atoms with Gasteiger partial charge in [0.15, 0.2) is 12.4 Å². The van der Waals surface area contributed by atoms with Crippen LogP contribution in [0, 0.1) is 5.92 Å². The van der Waals surface area contributed by atoms with E-state index >= 15 is 0 Å². The fourth-order valence-corrected chi connectivity index (χ4v) is 2.95. The molecule has 1 heterocycles. The minimum atomic E-state index is -1.10. The van der Waals surface area contributed by atoms with Crippen LogP contribution in [0.15, 0.2) is 47.6 Å². The molecule has 0 spiro atoms. The topological polar surface area (TPSA) is 79.2 Å². The number of nitrogens with zero attached hydrogens (tertiary/aromatic N) is 2. The van der Waals surface area contributed by atoms with Crippen LogP contribution in [0.2, 0.25) is 5.02 Å². The third kappa shape index (κ3) is 3.88. The minimum Gasteiger partial charge on any atom is -0.481 e. The smallest absolute Gasteiger partial charge is 0.341 e. The molecule has 132 valence electrons. The maximum Gasteiger partial charge on any atom is 0.341 e. The van der Waals surface area contributed by atoms with E-state index in [4.69, 9.17) is 21.4 Å². The molecule has 0 aliphatic carbocycles. The van der Waals surface area contributed by atoms with Crippen LogP contribution in [-0.4, -0.2) is 44.1 Å². The number of hydrazone groups is 1. The maximum atomic E-state index is 12.9. The van der Waals surface area contributed by atoms with E-state index in [-0.39, 0.29) is 11.5 Å². The molecule has 0 radical (unpaired) electrons. The van der Waals surface area contributed by atoms with E-state index in [1.165, 1.54) is 0 Å². The molecule has 0 aromatic heterocycles. The number of rotatable bonds is 6. The van der Waals surface area contributed by atoms with Crippen LogP contribution in [0.1, 0.15) is 10.4 Å². The van der Waals surface area contributed by atoms with E-state index < -0.39 is 18.5 Å². The Morgan fingerprint density at radius 1 is 1.31 bits per heavy atom. The fourth-order valence-electron chi connectivity index (χ4n) is 2.72. The monoisotopic (exact) mass is 370 g/mol. The van der Waals surface area contributed by atoms with Gasteiger partial charge in [-0.15, -0.1) is 0 Å². The normalized spacial score (nSPS) is 15.9. The first kappa shape index (κ1) is 18.0. The van der Waals surface area contributed by atoms with Crippen molar-refractivity contribution >= 4 is 48.6 Å². The van der Waals surface area contributed by atoms with Crippen molar-refractivity contribution in [1.82, 2.24) is 0 Å². The molecule has 1 aliphatic heterocycles. The molecule has 0 bridgehead atoms. The molecule has 1 aliphatic rings. The van der Waals surface area contributed by atoms with E-state index in [9.17, 15) is 9.59 Å². The summed E-state index contributed by atoms with van der Waals surface area (Å²) in [6.07, 6.45) is 1.58. The number of ketones is 1. The molecule has 0 saturated heterocycles. The van der Waals surface area contributed by atoms with Crippen molar-refractivity contribution in [1.29, 1.82) is 0 Å². The SMILES string of the molecule is Bc1ccc(OCC(=O)O)c(C(=O)C2C=NN(c3ccccc3Cl)C2)c1. The number of halogens is 1. The number of carbonyl (C=O) groups excluding carboxylic acids is 1. The summed E-state index contributed by atoms with van der Waals surface area (Å²) in [6, 6.07) is 12.4. The van der Waals surface area contributed by atoms with Gasteiger partial charge in [0.05, 0.1) is 28.7 Å². The van der Waals surface area contributed by atoms with E-state index in [0.29, 0.717) is 17.1 Å². The van der Waals surface area contributed by atoms with E-state index in [1.54, 1.807) is 35.5 Å². The Balaban J connectivity index is 1.80. The van der Waals surface area contributed by atoms with Gasteiger partial charge in [0.1, 0.15) is 13.6 Å². The van der Waals surface area contributed by atoms with Gasteiger partial charge >= 0.3 is 5.97 Å². The highest BCUT2D eigenvalue weighted by atomic mass is 35.5. The van der Waals surface area contributed by atoms with Crippen molar-refractivity contribution in [3.05, 3.63) is 53.1 Å². The third-order valence-electron chi connectivity index (χ3n) is 3.97. The maximum absolute atomic E-state index is 12.9. The van der Waals surface area contributed by atoms with Crippen molar-refractivity contribution in [3.63, 3.8) is 0 Å². The molecular weight excluding hydrogens is 354 g/mol. The summed E-state index contributed by atoms with van der Waals surface area (Å²) in [7, 11) is 1.86. The van der Waals surface area contributed by atoms with Crippen molar-refractivity contribution < 1.29 is 19.4 Å². The first-order valence-corrected chi connectivity index (χ1v) is 8.39. The summed E-state index contributed by atoms with van der Waals surface area (Å²) in [5.74, 6) is -1.49. The molecule has 8 heteroatoms. The largest absolute Gasteiger partial charge is 0.481 e. The number of hydrogen-bond acceptors (Lipinski definition) is 5. The van der Waals surface area contributed by atoms with Crippen molar-refractivity contribution in [2.75, 3.05) is 18.2 Å². The predicted molar refractivity (Wildman–Crippen MR) is 103 cm³/mol. The summed E-state index contributed by atoms with van der Waals surface area (Å²) in [4.78, 5) is 23.7. The van der Waals surface area contributed by atoms with Gasteiger partial charge in [0.2, 0.25) is 0 Å². The fraction of sp³-hybridized carbons (Fsp3) is 0.167. The van der Waals surface area contributed by atoms with Gasteiger partial charge < -0.3 is 9.84 Å². The Bertz CT molecular complexity index is 887. The van der Waals surface area contributed by atoms with Gasteiger partial charge in [-0.25, -0.2) is 4.79 Å². The summed E-state index contributed by atoms with van der Waals surface area (Å²) in [5.41, 5.74) is 1.96. The molecular formula is C18H16BClN2O4. The zero-order valence-corrected chi connectivity index (χ0v) is 14.8. The standard InChI is InChI=1S/C18H16BClN2O4/c19-12-5-6-16(26-10-17(23)24)13(7-12)18(25)11-8-21-22(9-11)15-4-2-1-3-14(15)20/h1-8,11H,9-10,19H2,(H,23,24). The summed E-state index contributed by atoms with van der Waals surface area (Å²) in [5, 5.41) is 15.3. The number of carboxylic acids is 1. The minimum absolute atomic E-state index is 0.174. The second-order valence-corrected chi connectivity index (χ2v) is 6.36. The highest BCUT2D eigenvalue weighted by Gasteiger charge is 2.29. The molecule has 0 saturated carbocycles. The number of para-hydroxylation sites is 1. The van der Waals surface area contributed by atoms with Crippen molar-refractivity contribution in [3.8, 4) is 5.75 Å². The molecule has 2 aromatic carbocycles. The van der Waals surface area contributed by atoms with Crippen molar-refractivity contribution in [2.24, 2.45) is 11.0 Å². The Kier molecular flexibility index (Phi) is 5.28. The zero-order valence-electron chi connectivity index (χ0n) is 14.1. The molecule has 1 atom stereocenters. The number of carbonyl (C=O) groups is 2. The van der Waals surface area contributed by atoms with E-state index in [1.807, 2.05) is 26.0 Å². The Morgan fingerprint density at radius 3 is 2.81 bits per heavy atom. The molecule has 2 aromatic rings. The second-order valence-electron chi connectivity index (χ2n) is 5.95. The average molecular weight is 371 g/mol. The summed E-state index contributed by atoms with van der Waals surface area (Å²) < 4.78 is 5.27. The third-order valence-corrected chi connectivity index (χ3v) is 4.29. The molecule has 26 heavy (non-hydrogen) atoms. The van der Waals surface area contributed by atoms with Crippen LogP contribution >= 0.6 is 11.6 Å². The van der Waals surface area contributed by atoms with Gasteiger partial charge in [-0.05, 0) is 18.2 Å². The first-order chi connectivity index (χ1) is 12.5. The zero-order chi connectivity index (χ0) is 18.7. The highest BCUT2D eigenvalue weighted by Crippen LogP contribution is 2.29. The first-order valence-electron chi connectivity index (χ1n) is 8.01. The van der Waals surface area contributed by atoms with E-state index in [0.717, 1.165) is 11.2 Å². The van der Waals surface area contributed by atoms with Crippen LogP contribution in [0.5, 0.6) is 5.75 Å². The summed E-state index contributed by atoms with van der Waals surface area (Å²) >= 11 is 6.19. The van der Waals surface area contributed by atoms with Crippen molar-refractivity contribution in [2.45, 2.75) is 0 Å². The number of Topliss-reactive ketones (excluding diaryl/α,β-unsaturated/α-hetero) is 1. The number of anilines is 1. The lowest BCUT2D eigenvalue weighted by atomic mass is 9.90. The van der Waals surface area contributed by atoms with E-state index in [2.05, 4.69) is 5.10 Å². The number of carboxylic acid groups (broad SMARTS) is 1. The van der Waals surface area contributed by atoms with Crippen LogP contribution in [0.25, 0.3) is 0 Å². The van der Waals surface area contributed by atoms with Gasteiger partial charge in [-0.2, -0.15) is 5.10 Å². The Morgan fingerprint density at radius 2 is 2.08 bits per heavy atom. The predicted octanol–water partition coefficient (Wildman–Crippen LogP) is 1.37. The van der Waals surface area contributed by atoms with Crippen LogP contribution in [-0.2, 0) is 4.79 Å². The van der Waals surface area contributed by atoms with Gasteiger partial charge in [-0.3, -0.25) is 9.80 Å². The van der Waals surface area contributed by atoms with Crippen LogP contribution in [0.3, 0.4) is 0 Å². The molecule has 1 N–H and O–H groups in total. The second kappa shape index (κ2) is 7.62. The highest BCUT2D eigenvalue weighted by molar-refractivity contribution is 6.33.